The largest absolute Gasteiger partial charge is 0.449 e. The molecule has 0 aromatic heterocycles. The third-order valence-electron chi connectivity index (χ3n) is 1.98. The molecule has 0 saturated heterocycles. The van der Waals surface area contributed by atoms with Gasteiger partial charge in [0.15, 0.2) is 0 Å². The Morgan fingerprint density at radius 3 is 3.00 bits per heavy atom. The number of nitrogens with one attached hydrogen (secondary N) is 2. The van der Waals surface area contributed by atoms with Crippen LogP contribution in [0.1, 0.15) is 6.92 Å². The van der Waals surface area contributed by atoms with E-state index in [0.29, 0.717) is 0 Å². The fourth-order valence-corrected chi connectivity index (χ4v) is 1.25. The van der Waals surface area contributed by atoms with E-state index in [4.69, 9.17) is 5.02 Å². The highest BCUT2D eigenvalue weighted by atomic mass is 16.2. The molecule has 0 radical (unpaired) electrons. The van der Waals surface area contributed by atoms with Gasteiger partial charge in [0.05, 0.1) is 0 Å². The minimum atomic E-state index is 0.0823. The summed E-state index contributed by atoms with van der Waals surface area (Å²) in [5.41, 5.74) is 3.27. The van der Waals surface area contributed by atoms with E-state index in [0.717, 1.165) is 23.3 Å². The summed E-state index contributed by atoms with van der Waals surface area (Å²) in [7, 11) is 1.92. The molecule has 1 aliphatic rings. The van der Waals surface area contributed by atoms with Crippen LogP contribution in [-0.2, 0) is 0 Å². The van der Waals surface area contributed by atoms with E-state index in [9.17, 15) is 0 Å². The van der Waals surface area contributed by atoms with Gasteiger partial charge in [-0.15, -0.1) is 0 Å². The van der Waals surface area contributed by atoms with E-state index in [1.165, 1.54) is 0 Å². The Morgan fingerprint density at radius 1 is 1.77 bits per heavy atom. The van der Waals surface area contributed by atoms with E-state index in [1.807, 2.05) is 26.2 Å². The summed E-state index contributed by atoms with van der Waals surface area (Å²) < 4.78 is 0. The Labute approximate surface area is 79.5 Å². The Kier molecular flexibility index (Phi) is 3.64. The van der Waals surface area contributed by atoms with Crippen molar-refractivity contribution >= 4 is 7.48 Å². The summed E-state index contributed by atoms with van der Waals surface area (Å²) in [6.45, 7) is 2.83. The molecular weight excluding hydrogens is 163 g/mol. The zero-order valence-electron chi connectivity index (χ0n) is 8.09. The molecule has 4 heteroatoms. The molecule has 0 atom stereocenters. The zero-order valence-corrected chi connectivity index (χ0v) is 8.09. The second kappa shape index (κ2) is 4.77. The van der Waals surface area contributed by atoms with Gasteiger partial charge in [0, 0.05) is 19.3 Å². The SMILES string of the molecule is CN/C=C\C(BO)=C1\C=C(C)NC1. The fourth-order valence-electron chi connectivity index (χ4n) is 1.25. The first kappa shape index (κ1) is 9.93. The molecule has 0 fully saturated rings. The summed E-state index contributed by atoms with van der Waals surface area (Å²) >= 11 is 0. The fraction of sp³-hybridized carbons (Fsp3) is 0.333. The second-order valence-corrected chi connectivity index (χ2v) is 3.01. The van der Waals surface area contributed by atoms with Gasteiger partial charge in [-0.25, -0.2) is 0 Å². The van der Waals surface area contributed by atoms with E-state index < -0.39 is 0 Å². The summed E-state index contributed by atoms with van der Waals surface area (Å²) in [4.78, 5) is 0. The molecule has 0 bridgehead atoms. The van der Waals surface area contributed by atoms with E-state index >= 15 is 0 Å². The standard InChI is InChI=1S/C9H15BN2O/c1-7-5-8(6-12-7)9(10-13)3-4-11-2/h3-5,10-13H,6H2,1-2H3/b4-3-,9-8+. The molecule has 70 valence electrons. The normalized spacial score (nSPS) is 19.8. The lowest BCUT2D eigenvalue weighted by molar-refractivity contribution is 0.611. The van der Waals surface area contributed by atoms with Gasteiger partial charge in [0.25, 0.3) is 0 Å². The molecule has 1 heterocycles. The molecular formula is C9H15BN2O. The lowest BCUT2D eigenvalue weighted by Crippen LogP contribution is -2.08. The number of allylic oxidation sites excluding steroid dienone is 3. The first-order chi connectivity index (χ1) is 6.27. The van der Waals surface area contributed by atoms with Crippen molar-refractivity contribution in [2.75, 3.05) is 13.6 Å². The van der Waals surface area contributed by atoms with Crippen molar-refractivity contribution in [3.63, 3.8) is 0 Å². The van der Waals surface area contributed by atoms with Crippen LogP contribution in [-0.4, -0.2) is 26.1 Å². The molecule has 0 spiro atoms. The topological polar surface area (TPSA) is 44.3 Å². The lowest BCUT2D eigenvalue weighted by atomic mass is 9.84. The molecule has 1 rings (SSSR count). The van der Waals surface area contributed by atoms with E-state index in [2.05, 4.69) is 16.7 Å². The highest BCUT2D eigenvalue weighted by Crippen LogP contribution is 2.12. The van der Waals surface area contributed by atoms with Crippen LogP contribution in [0.4, 0.5) is 0 Å². The van der Waals surface area contributed by atoms with Crippen molar-refractivity contribution in [3.05, 3.63) is 35.1 Å². The van der Waals surface area contributed by atoms with Crippen LogP contribution >= 0.6 is 0 Å². The van der Waals surface area contributed by atoms with Crippen molar-refractivity contribution in [1.82, 2.24) is 10.6 Å². The monoisotopic (exact) mass is 178 g/mol. The van der Waals surface area contributed by atoms with Gasteiger partial charge in [-0.1, -0.05) is 0 Å². The Bertz CT molecular complexity index is 269. The maximum Gasteiger partial charge on any atom is 0.305 e. The molecule has 1 aliphatic heterocycles. The van der Waals surface area contributed by atoms with Crippen molar-refractivity contribution in [2.45, 2.75) is 6.92 Å². The molecule has 3 nitrogen and oxygen atoms in total. The molecule has 0 saturated carbocycles. The van der Waals surface area contributed by atoms with E-state index in [1.54, 1.807) is 0 Å². The summed E-state index contributed by atoms with van der Waals surface area (Å²) in [6.07, 6.45) is 5.78. The number of hydrogen-bond acceptors (Lipinski definition) is 3. The minimum absolute atomic E-state index is 0.0823. The molecule has 3 N–H and O–H groups in total. The van der Waals surface area contributed by atoms with Crippen LogP contribution in [0.5, 0.6) is 0 Å². The lowest BCUT2D eigenvalue weighted by Gasteiger charge is -2.00. The van der Waals surface area contributed by atoms with Crippen LogP contribution in [0, 0.1) is 0 Å². The molecule has 0 unspecified atom stereocenters. The average molecular weight is 178 g/mol. The van der Waals surface area contributed by atoms with Gasteiger partial charge in [-0.2, -0.15) is 0 Å². The third-order valence-corrected chi connectivity index (χ3v) is 1.98. The second-order valence-electron chi connectivity index (χ2n) is 3.01. The molecule has 13 heavy (non-hydrogen) atoms. The van der Waals surface area contributed by atoms with Gasteiger partial charge < -0.3 is 15.7 Å². The maximum atomic E-state index is 9.11. The average Bonchev–Trinajstić information content (AvgIpc) is 2.54. The minimum Gasteiger partial charge on any atom is -0.449 e. The van der Waals surface area contributed by atoms with Crippen molar-refractivity contribution in [3.8, 4) is 0 Å². The van der Waals surface area contributed by atoms with Crippen molar-refractivity contribution < 1.29 is 5.02 Å². The summed E-state index contributed by atoms with van der Waals surface area (Å²) in [5.74, 6) is 0. The third kappa shape index (κ3) is 2.66. The maximum absolute atomic E-state index is 9.11. The van der Waals surface area contributed by atoms with Gasteiger partial charge in [0.2, 0.25) is 0 Å². The van der Waals surface area contributed by atoms with Crippen LogP contribution < -0.4 is 10.6 Å². The summed E-state index contributed by atoms with van der Waals surface area (Å²) in [5, 5.41) is 15.2. The van der Waals surface area contributed by atoms with Gasteiger partial charge in [-0.05, 0) is 36.3 Å². The summed E-state index contributed by atoms with van der Waals surface area (Å²) in [6, 6.07) is 0. The molecule has 0 aliphatic carbocycles. The van der Waals surface area contributed by atoms with Gasteiger partial charge in [-0.3, -0.25) is 0 Å². The van der Waals surface area contributed by atoms with E-state index in [-0.39, 0.29) is 7.48 Å². The van der Waals surface area contributed by atoms with Crippen LogP contribution in [0.15, 0.2) is 35.1 Å². The first-order valence-corrected chi connectivity index (χ1v) is 4.36. The van der Waals surface area contributed by atoms with Gasteiger partial charge >= 0.3 is 7.48 Å². The highest BCUT2D eigenvalue weighted by Gasteiger charge is 2.08. The molecule has 0 aromatic rings. The smallest absolute Gasteiger partial charge is 0.305 e. The first-order valence-electron chi connectivity index (χ1n) is 4.36. The highest BCUT2D eigenvalue weighted by molar-refractivity contribution is 6.38. The van der Waals surface area contributed by atoms with Crippen LogP contribution in [0.2, 0.25) is 0 Å². The van der Waals surface area contributed by atoms with Crippen molar-refractivity contribution in [2.24, 2.45) is 0 Å². The Balaban J connectivity index is 2.80. The molecule has 0 amide bonds. The number of hydrogen-bond donors (Lipinski definition) is 3. The Morgan fingerprint density at radius 2 is 2.54 bits per heavy atom. The van der Waals surface area contributed by atoms with Crippen LogP contribution in [0.3, 0.4) is 0 Å². The predicted octanol–water partition coefficient (Wildman–Crippen LogP) is -0.176. The van der Waals surface area contributed by atoms with Gasteiger partial charge in [0.1, 0.15) is 0 Å². The van der Waals surface area contributed by atoms with Crippen LogP contribution in [0.25, 0.3) is 0 Å². The quantitative estimate of drug-likeness (QED) is 0.525. The Hall–Kier alpha value is -1.16. The van der Waals surface area contributed by atoms with Crippen molar-refractivity contribution in [1.29, 1.82) is 0 Å². The zero-order chi connectivity index (χ0) is 9.68. The molecule has 0 aromatic carbocycles. The predicted molar refractivity (Wildman–Crippen MR) is 56.4 cm³/mol. The number of rotatable bonds is 3.